The van der Waals surface area contributed by atoms with E-state index in [2.05, 4.69) is 41.2 Å². The Hall–Kier alpha value is -1.96. The number of benzene rings is 1. The summed E-state index contributed by atoms with van der Waals surface area (Å²) in [6.45, 7) is 9.55. The number of fused-ring (bicyclic) bond motifs is 1. The summed E-state index contributed by atoms with van der Waals surface area (Å²) in [4.78, 5) is 13.9. The summed E-state index contributed by atoms with van der Waals surface area (Å²) >= 11 is 1.72. The first-order valence-corrected chi connectivity index (χ1v) is 10.3. The molecule has 0 bridgehead atoms. The molecule has 1 fully saturated rings. The van der Waals surface area contributed by atoms with Crippen molar-refractivity contribution >= 4 is 28.5 Å². The molecule has 0 N–H and O–H groups in total. The summed E-state index contributed by atoms with van der Waals surface area (Å²) in [5.41, 5.74) is 4.06. The molecule has 0 unspecified atom stereocenters. The Balaban J connectivity index is 1.42. The molecular formula is C20H26N4O2S. The molecule has 3 aromatic rings. The molecule has 0 radical (unpaired) electrons. The summed E-state index contributed by atoms with van der Waals surface area (Å²) in [5.74, 6) is 0.479. The zero-order chi connectivity index (χ0) is 18.8. The Kier molecular flexibility index (Phi) is 5.43. The number of oxazole rings is 1. The van der Waals surface area contributed by atoms with Crippen molar-refractivity contribution in [2.45, 2.75) is 32.9 Å². The minimum Gasteiger partial charge on any atom is -0.423 e. The van der Waals surface area contributed by atoms with Crippen LogP contribution in [-0.4, -0.2) is 48.2 Å². The number of hydrogen-bond acceptors (Lipinski definition) is 7. The second kappa shape index (κ2) is 7.96. The minimum absolute atomic E-state index is 0.479. The highest BCUT2D eigenvalue weighted by molar-refractivity contribution is 7.09. The SMILES string of the molecule is CC(C)c1ccc2oc(N(C)Cc3csc(CN4CCOCC4)n3)nc2c1. The lowest BCUT2D eigenvalue weighted by atomic mass is 10.0. The predicted molar refractivity (Wildman–Crippen MR) is 108 cm³/mol. The zero-order valence-corrected chi connectivity index (χ0v) is 17.0. The molecule has 1 aliphatic heterocycles. The molecule has 144 valence electrons. The van der Waals surface area contributed by atoms with Crippen molar-refractivity contribution in [2.75, 3.05) is 38.3 Å². The lowest BCUT2D eigenvalue weighted by molar-refractivity contribution is 0.0341. The first kappa shape index (κ1) is 18.4. The topological polar surface area (TPSA) is 54.6 Å². The van der Waals surface area contributed by atoms with Crippen molar-refractivity contribution in [3.05, 3.63) is 39.8 Å². The molecule has 4 rings (SSSR count). The van der Waals surface area contributed by atoms with E-state index >= 15 is 0 Å². The number of nitrogens with zero attached hydrogens (tertiary/aromatic N) is 4. The van der Waals surface area contributed by atoms with Gasteiger partial charge in [-0.2, -0.15) is 4.98 Å². The highest BCUT2D eigenvalue weighted by atomic mass is 32.1. The van der Waals surface area contributed by atoms with E-state index in [1.165, 1.54) is 5.56 Å². The Labute approximate surface area is 163 Å². The quantitative estimate of drug-likeness (QED) is 0.641. The van der Waals surface area contributed by atoms with Crippen LogP contribution < -0.4 is 4.90 Å². The summed E-state index contributed by atoms with van der Waals surface area (Å²) in [6.07, 6.45) is 0. The molecule has 1 aliphatic rings. The first-order valence-electron chi connectivity index (χ1n) is 9.43. The second-order valence-electron chi connectivity index (χ2n) is 7.36. The Bertz CT molecular complexity index is 898. The maximum absolute atomic E-state index is 5.93. The van der Waals surface area contributed by atoms with Gasteiger partial charge in [-0.05, 0) is 23.6 Å². The van der Waals surface area contributed by atoms with Gasteiger partial charge in [0.25, 0.3) is 6.01 Å². The maximum atomic E-state index is 5.93. The standard InChI is InChI=1S/C20H26N4O2S/c1-14(2)15-4-5-18-17(10-15)22-20(26-18)23(3)11-16-13-27-19(21-16)12-24-6-8-25-9-7-24/h4-5,10,13-14H,6-9,11-12H2,1-3H3. The zero-order valence-electron chi connectivity index (χ0n) is 16.1. The number of anilines is 1. The lowest BCUT2D eigenvalue weighted by Gasteiger charge is -2.25. The third kappa shape index (κ3) is 4.31. The van der Waals surface area contributed by atoms with Crippen LogP contribution >= 0.6 is 11.3 Å². The summed E-state index contributed by atoms with van der Waals surface area (Å²) in [5, 5.41) is 3.28. The van der Waals surface area contributed by atoms with Gasteiger partial charge in [-0.15, -0.1) is 11.3 Å². The van der Waals surface area contributed by atoms with Gasteiger partial charge in [0, 0.05) is 25.5 Å². The molecule has 1 saturated heterocycles. The van der Waals surface area contributed by atoms with Crippen LogP contribution in [0.3, 0.4) is 0 Å². The average Bonchev–Trinajstić information content (AvgIpc) is 3.28. The van der Waals surface area contributed by atoms with Gasteiger partial charge in [0.05, 0.1) is 32.0 Å². The van der Waals surface area contributed by atoms with E-state index in [1.807, 2.05) is 18.0 Å². The van der Waals surface area contributed by atoms with Crippen LogP contribution in [-0.2, 0) is 17.8 Å². The molecule has 7 heteroatoms. The number of rotatable bonds is 6. The number of morpholine rings is 1. The van der Waals surface area contributed by atoms with E-state index < -0.39 is 0 Å². The number of ether oxygens (including phenoxy) is 1. The fourth-order valence-electron chi connectivity index (χ4n) is 3.21. The largest absolute Gasteiger partial charge is 0.423 e. The van der Waals surface area contributed by atoms with Crippen LogP contribution in [0.25, 0.3) is 11.1 Å². The van der Waals surface area contributed by atoms with Gasteiger partial charge in [-0.25, -0.2) is 4.98 Å². The van der Waals surface area contributed by atoms with E-state index in [-0.39, 0.29) is 0 Å². The molecule has 6 nitrogen and oxygen atoms in total. The Morgan fingerprint density at radius 2 is 2.04 bits per heavy atom. The van der Waals surface area contributed by atoms with Crippen LogP contribution in [0.1, 0.15) is 36.0 Å². The number of aromatic nitrogens is 2. The summed E-state index contributed by atoms with van der Waals surface area (Å²) in [7, 11) is 2.00. The van der Waals surface area contributed by atoms with Gasteiger partial charge < -0.3 is 14.1 Å². The van der Waals surface area contributed by atoms with Gasteiger partial charge in [-0.1, -0.05) is 19.9 Å². The molecule has 27 heavy (non-hydrogen) atoms. The van der Waals surface area contributed by atoms with E-state index in [1.54, 1.807) is 11.3 Å². The maximum Gasteiger partial charge on any atom is 0.298 e. The van der Waals surface area contributed by atoms with Crippen molar-refractivity contribution in [1.29, 1.82) is 0 Å². The van der Waals surface area contributed by atoms with Crippen molar-refractivity contribution in [2.24, 2.45) is 0 Å². The minimum atomic E-state index is 0.479. The number of hydrogen-bond donors (Lipinski definition) is 0. The van der Waals surface area contributed by atoms with Crippen LogP contribution in [0, 0.1) is 0 Å². The molecule has 0 spiro atoms. The highest BCUT2D eigenvalue weighted by Gasteiger charge is 2.15. The van der Waals surface area contributed by atoms with Crippen molar-refractivity contribution in [3.8, 4) is 0 Å². The molecule has 0 saturated carbocycles. The molecule has 0 atom stereocenters. The Morgan fingerprint density at radius 3 is 2.81 bits per heavy atom. The van der Waals surface area contributed by atoms with Crippen LogP contribution in [0.4, 0.5) is 6.01 Å². The van der Waals surface area contributed by atoms with Gasteiger partial charge in [0.1, 0.15) is 10.5 Å². The summed E-state index contributed by atoms with van der Waals surface area (Å²) < 4.78 is 11.3. The van der Waals surface area contributed by atoms with Crippen molar-refractivity contribution in [1.82, 2.24) is 14.9 Å². The van der Waals surface area contributed by atoms with Crippen LogP contribution in [0.2, 0.25) is 0 Å². The summed E-state index contributed by atoms with van der Waals surface area (Å²) in [6, 6.07) is 6.87. The van der Waals surface area contributed by atoms with Gasteiger partial charge in [0.2, 0.25) is 0 Å². The predicted octanol–water partition coefficient (Wildman–Crippen LogP) is 3.88. The van der Waals surface area contributed by atoms with Crippen LogP contribution in [0.5, 0.6) is 0 Å². The fraction of sp³-hybridized carbons (Fsp3) is 0.500. The molecule has 3 heterocycles. The molecule has 2 aromatic heterocycles. The van der Waals surface area contributed by atoms with E-state index in [4.69, 9.17) is 14.1 Å². The average molecular weight is 387 g/mol. The van der Waals surface area contributed by atoms with Crippen LogP contribution in [0.15, 0.2) is 28.0 Å². The van der Waals surface area contributed by atoms with Gasteiger partial charge in [0.15, 0.2) is 5.58 Å². The smallest absolute Gasteiger partial charge is 0.298 e. The van der Waals surface area contributed by atoms with Gasteiger partial charge in [-0.3, -0.25) is 4.90 Å². The fourth-order valence-corrected chi connectivity index (χ4v) is 4.04. The van der Waals surface area contributed by atoms with Crippen molar-refractivity contribution in [3.63, 3.8) is 0 Å². The van der Waals surface area contributed by atoms with Gasteiger partial charge >= 0.3 is 0 Å². The molecule has 0 amide bonds. The molecule has 0 aliphatic carbocycles. The molecular weight excluding hydrogens is 360 g/mol. The Morgan fingerprint density at radius 1 is 1.22 bits per heavy atom. The third-order valence-corrected chi connectivity index (χ3v) is 5.74. The number of thiazole rings is 1. The molecule has 1 aromatic carbocycles. The van der Waals surface area contributed by atoms with Crippen molar-refractivity contribution < 1.29 is 9.15 Å². The highest BCUT2D eigenvalue weighted by Crippen LogP contribution is 2.26. The normalized spacial score (nSPS) is 15.7. The van der Waals surface area contributed by atoms with E-state index in [9.17, 15) is 0 Å². The van der Waals surface area contributed by atoms with E-state index in [0.29, 0.717) is 18.5 Å². The lowest BCUT2D eigenvalue weighted by Crippen LogP contribution is -2.35. The monoisotopic (exact) mass is 386 g/mol. The first-order chi connectivity index (χ1) is 13.1. The van der Waals surface area contributed by atoms with E-state index in [0.717, 1.165) is 54.6 Å². The third-order valence-electron chi connectivity index (χ3n) is 4.85. The second-order valence-corrected chi connectivity index (χ2v) is 8.30.